The van der Waals surface area contributed by atoms with Crippen molar-refractivity contribution in [2.45, 2.75) is 33.1 Å². The molecule has 34 heavy (non-hydrogen) atoms. The Labute approximate surface area is 205 Å². The van der Waals surface area contributed by atoms with Crippen LogP contribution < -0.4 is 9.64 Å². The third kappa shape index (κ3) is 5.70. The summed E-state index contributed by atoms with van der Waals surface area (Å²) in [5, 5.41) is 0.434. The van der Waals surface area contributed by atoms with Crippen molar-refractivity contribution in [1.82, 2.24) is 0 Å². The lowest BCUT2D eigenvalue weighted by molar-refractivity contribution is -0.147. The molecule has 7 heteroatoms. The maximum Gasteiger partial charge on any atom is 0.323 e. The summed E-state index contributed by atoms with van der Waals surface area (Å²) in [5.41, 5.74) is 2.77. The molecule has 2 aliphatic rings. The first-order chi connectivity index (χ1) is 16.6. The number of hydrogen-bond donors (Lipinski definition) is 0. The molecule has 0 saturated carbocycles. The molecule has 1 atom stereocenters. The molecule has 4 rings (SSSR count). The number of nitrogens with zero attached hydrogens (tertiary/aromatic N) is 2. The van der Waals surface area contributed by atoms with Gasteiger partial charge in [-0.25, -0.2) is 4.99 Å². The van der Waals surface area contributed by atoms with Gasteiger partial charge in [0.15, 0.2) is 11.7 Å². The molecule has 0 aliphatic carbocycles. The third-order valence-corrected chi connectivity index (χ3v) is 6.86. The summed E-state index contributed by atoms with van der Waals surface area (Å²) >= 11 is 1.24. The maximum absolute atomic E-state index is 13.2. The number of ether oxygens (including phenoxy) is 2. The summed E-state index contributed by atoms with van der Waals surface area (Å²) in [4.78, 5) is 33.3. The first-order valence-electron chi connectivity index (χ1n) is 11.9. The fourth-order valence-corrected chi connectivity index (χ4v) is 5.20. The van der Waals surface area contributed by atoms with Gasteiger partial charge in [-0.05, 0) is 81.1 Å². The SMILES string of the molecule is CCOC(=O)C1C(=O)/C(=C/c2ccc(N3CCCCC3)cc2)SC1=Nc1ccc(OCC)cc1. The molecule has 2 aromatic rings. The van der Waals surface area contributed by atoms with E-state index >= 15 is 0 Å². The molecular weight excluding hydrogens is 448 g/mol. The highest BCUT2D eigenvalue weighted by Gasteiger charge is 2.42. The normalized spacial score (nSPS) is 20.7. The van der Waals surface area contributed by atoms with Gasteiger partial charge in [0.2, 0.25) is 0 Å². The molecule has 1 unspecified atom stereocenters. The number of ketones is 1. The Balaban J connectivity index is 1.57. The number of hydrogen-bond acceptors (Lipinski definition) is 7. The van der Waals surface area contributed by atoms with Gasteiger partial charge in [-0.3, -0.25) is 9.59 Å². The average molecular weight is 479 g/mol. The highest BCUT2D eigenvalue weighted by molar-refractivity contribution is 8.19. The van der Waals surface area contributed by atoms with E-state index in [1.807, 2.05) is 49.4 Å². The summed E-state index contributed by atoms with van der Waals surface area (Å²) in [7, 11) is 0. The van der Waals surface area contributed by atoms with E-state index in [1.165, 1.54) is 36.7 Å². The van der Waals surface area contributed by atoms with E-state index in [2.05, 4.69) is 22.0 Å². The minimum atomic E-state index is -1.03. The largest absolute Gasteiger partial charge is 0.494 e. The number of esters is 1. The second-order valence-corrected chi connectivity index (χ2v) is 9.24. The molecule has 2 fully saturated rings. The molecule has 2 aliphatic heterocycles. The van der Waals surface area contributed by atoms with Crippen LogP contribution in [-0.2, 0) is 14.3 Å². The van der Waals surface area contributed by atoms with Crippen molar-refractivity contribution in [2.75, 3.05) is 31.2 Å². The number of rotatable bonds is 7. The van der Waals surface area contributed by atoms with Crippen LogP contribution in [0.25, 0.3) is 6.08 Å². The number of aliphatic imine (C=N–C) groups is 1. The zero-order valence-electron chi connectivity index (χ0n) is 19.7. The number of carbonyl (C=O) groups excluding carboxylic acids is 2. The van der Waals surface area contributed by atoms with E-state index in [1.54, 1.807) is 6.92 Å². The summed E-state index contributed by atoms with van der Waals surface area (Å²) in [6.45, 7) is 6.61. The molecule has 0 bridgehead atoms. The van der Waals surface area contributed by atoms with Crippen molar-refractivity contribution in [3.05, 3.63) is 59.0 Å². The Morgan fingerprint density at radius 1 is 1.03 bits per heavy atom. The van der Waals surface area contributed by atoms with Crippen LogP contribution in [0.5, 0.6) is 5.75 Å². The first-order valence-corrected chi connectivity index (χ1v) is 12.7. The van der Waals surface area contributed by atoms with Crippen LogP contribution in [0, 0.1) is 5.92 Å². The van der Waals surface area contributed by atoms with Gasteiger partial charge < -0.3 is 14.4 Å². The number of anilines is 1. The highest BCUT2D eigenvalue weighted by Crippen LogP contribution is 2.38. The number of thioether (sulfide) groups is 1. The smallest absolute Gasteiger partial charge is 0.323 e. The van der Waals surface area contributed by atoms with Crippen molar-refractivity contribution in [2.24, 2.45) is 10.9 Å². The molecule has 0 N–H and O–H groups in total. The number of benzene rings is 2. The minimum absolute atomic E-state index is 0.209. The van der Waals surface area contributed by atoms with Gasteiger partial charge >= 0.3 is 5.97 Å². The van der Waals surface area contributed by atoms with Crippen LogP contribution in [0.1, 0.15) is 38.7 Å². The standard InChI is InChI=1S/C27H30N2O4S/c1-3-32-22-14-10-20(11-15-22)28-26-24(27(31)33-4-2)25(30)23(34-26)18-19-8-12-21(13-9-19)29-16-6-5-7-17-29/h8-15,18,24H,3-7,16-17H2,1-2H3/b23-18-,28-26?. The number of piperidine rings is 1. The summed E-state index contributed by atoms with van der Waals surface area (Å²) in [5.74, 6) is -1.12. The Bertz CT molecular complexity index is 1070. The van der Waals surface area contributed by atoms with E-state index in [0.29, 0.717) is 22.2 Å². The van der Waals surface area contributed by atoms with E-state index in [4.69, 9.17) is 9.47 Å². The van der Waals surface area contributed by atoms with E-state index in [0.717, 1.165) is 24.4 Å². The van der Waals surface area contributed by atoms with E-state index in [-0.39, 0.29) is 12.4 Å². The molecule has 0 amide bonds. The molecule has 0 radical (unpaired) electrons. The lowest BCUT2D eigenvalue weighted by Gasteiger charge is -2.28. The lowest BCUT2D eigenvalue weighted by Crippen LogP contribution is -2.29. The molecular formula is C27H30N2O4S. The predicted molar refractivity (Wildman–Crippen MR) is 138 cm³/mol. The van der Waals surface area contributed by atoms with Gasteiger partial charge in [0, 0.05) is 18.8 Å². The summed E-state index contributed by atoms with van der Waals surface area (Å²) in [6.07, 6.45) is 5.58. The molecule has 2 saturated heterocycles. The fourth-order valence-electron chi connectivity index (χ4n) is 4.09. The Morgan fingerprint density at radius 2 is 1.74 bits per heavy atom. The quantitative estimate of drug-likeness (QED) is 0.291. The van der Waals surface area contributed by atoms with Crippen LogP contribution in [0.3, 0.4) is 0 Å². The van der Waals surface area contributed by atoms with Crippen molar-refractivity contribution in [1.29, 1.82) is 0 Å². The molecule has 0 spiro atoms. The first kappa shape index (κ1) is 24.1. The predicted octanol–water partition coefficient (Wildman–Crippen LogP) is 5.64. The van der Waals surface area contributed by atoms with E-state index < -0.39 is 11.9 Å². The zero-order valence-corrected chi connectivity index (χ0v) is 20.5. The summed E-state index contributed by atoms with van der Waals surface area (Å²) in [6, 6.07) is 15.5. The van der Waals surface area contributed by atoms with Gasteiger partial charge in [0.05, 0.1) is 23.8 Å². The second-order valence-electron chi connectivity index (χ2n) is 8.18. The number of Topliss-reactive ketones (excluding diaryl/α,β-unsaturated/α-hetero) is 1. The molecule has 2 aromatic carbocycles. The van der Waals surface area contributed by atoms with Crippen molar-refractivity contribution < 1.29 is 19.1 Å². The van der Waals surface area contributed by atoms with Crippen molar-refractivity contribution in [3.8, 4) is 5.75 Å². The van der Waals surface area contributed by atoms with Crippen LogP contribution in [0.4, 0.5) is 11.4 Å². The fraction of sp³-hybridized carbons (Fsp3) is 0.370. The lowest BCUT2D eigenvalue weighted by atomic mass is 10.0. The number of allylic oxidation sites excluding steroid dienone is 1. The van der Waals surface area contributed by atoms with Crippen molar-refractivity contribution >= 4 is 46.0 Å². The van der Waals surface area contributed by atoms with Gasteiger partial charge in [-0.2, -0.15) is 0 Å². The Hall–Kier alpha value is -3.06. The molecule has 0 aromatic heterocycles. The number of carbonyl (C=O) groups is 2. The van der Waals surface area contributed by atoms with Crippen LogP contribution in [0.2, 0.25) is 0 Å². The van der Waals surface area contributed by atoms with Crippen LogP contribution in [0.15, 0.2) is 58.4 Å². The van der Waals surface area contributed by atoms with Crippen LogP contribution >= 0.6 is 11.8 Å². The van der Waals surface area contributed by atoms with E-state index in [9.17, 15) is 9.59 Å². The van der Waals surface area contributed by atoms with Gasteiger partial charge in [-0.1, -0.05) is 23.9 Å². The Morgan fingerprint density at radius 3 is 2.38 bits per heavy atom. The maximum atomic E-state index is 13.2. The highest BCUT2D eigenvalue weighted by atomic mass is 32.2. The average Bonchev–Trinajstić information content (AvgIpc) is 3.16. The van der Waals surface area contributed by atoms with Gasteiger partial charge in [0.1, 0.15) is 10.8 Å². The summed E-state index contributed by atoms with van der Waals surface area (Å²) < 4.78 is 10.7. The molecule has 178 valence electrons. The topological polar surface area (TPSA) is 68.2 Å². The monoisotopic (exact) mass is 478 g/mol. The van der Waals surface area contributed by atoms with Crippen LogP contribution in [-0.4, -0.2) is 43.1 Å². The van der Waals surface area contributed by atoms with Gasteiger partial charge in [-0.15, -0.1) is 0 Å². The second kappa shape index (κ2) is 11.4. The molecule has 6 nitrogen and oxygen atoms in total. The van der Waals surface area contributed by atoms with Crippen molar-refractivity contribution in [3.63, 3.8) is 0 Å². The Kier molecular flexibility index (Phi) is 8.06. The van der Waals surface area contributed by atoms with Gasteiger partial charge in [0.25, 0.3) is 0 Å². The molecule has 2 heterocycles. The zero-order chi connectivity index (χ0) is 23.9. The third-order valence-electron chi connectivity index (χ3n) is 5.79. The minimum Gasteiger partial charge on any atom is -0.494 e.